The van der Waals surface area contributed by atoms with Gasteiger partial charge in [-0.1, -0.05) is 12.1 Å². The van der Waals surface area contributed by atoms with Gasteiger partial charge >= 0.3 is 0 Å². The Labute approximate surface area is 125 Å². The predicted octanol–water partition coefficient (Wildman–Crippen LogP) is 3.31. The van der Waals surface area contributed by atoms with Crippen LogP contribution in [0.1, 0.15) is 29.2 Å². The highest BCUT2D eigenvalue weighted by atomic mass is 19.1. The van der Waals surface area contributed by atoms with Crippen LogP contribution in [0.2, 0.25) is 0 Å². The number of aromatic nitrogens is 1. The zero-order chi connectivity index (χ0) is 15.4. The van der Waals surface area contributed by atoms with Gasteiger partial charge in [-0.05, 0) is 49.9 Å². The van der Waals surface area contributed by atoms with Crippen molar-refractivity contribution in [2.75, 3.05) is 0 Å². The maximum Gasteiger partial charge on any atom is 0.141 e. The minimum Gasteiger partial charge on any atom is -0.488 e. The standard InChI is InChI=1S/C17H21FN2O/c1-11-4-14(6-13(3)19)5-12(2)17(11)21-10-15-7-16(18)9-20-8-15/h4-5,7-9,13H,6,10,19H2,1-3H3. The molecule has 3 nitrogen and oxygen atoms in total. The molecular weight excluding hydrogens is 267 g/mol. The monoisotopic (exact) mass is 288 g/mol. The van der Waals surface area contributed by atoms with Gasteiger partial charge in [0.15, 0.2) is 0 Å². The predicted molar refractivity (Wildman–Crippen MR) is 81.8 cm³/mol. The molecule has 0 amide bonds. The van der Waals surface area contributed by atoms with E-state index in [0.717, 1.165) is 23.3 Å². The summed E-state index contributed by atoms with van der Waals surface area (Å²) in [5, 5.41) is 0. The van der Waals surface area contributed by atoms with E-state index in [1.54, 1.807) is 6.20 Å². The van der Waals surface area contributed by atoms with Crippen LogP contribution in [-0.2, 0) is 13.0 Å². The Morgan fingerprint density at radius 1 is 1.14 bits per heavy atom. The van der Waals surface area contributed by atoms with Gasteiger partial charge in [0.1, 0.15) is 18.2 Å². The molecule has 0 spiro atoms. The third-order valence-corrected chi connectivity index (χ3v) is 3.22. The number of aryl methyl sites for hydroxylation is 2. The Morgan fingerprint density at radius 3 is 2.38 bits per heavy atom. The van der Waals surface area contributed by atoms with E-state index in [1.807, 2.05) is 20.8 Å². The van der Waals surface area contributed by atoms with Gasteiger partial charge < -0.3 is 10.5 Å². The third kappa shape index (κ3) is 4.26. The first-order valence-corrected chi connectivity index (χ1v) is 7.03. The van der Waals surface area contributed by atoms with Crippen molar-refractivity contribution >= 4 is 0 Å². The van der Waals surface area contributed by atoms with Gasteiger partial charge in [-0.15, -0.1) is 0 Å². The fourth-order valence-corrected chi connectivity index (χ4v) is 2.45. The average Bonchev–Trinajstić information content (AvgIpc) is 2.37. The molecule has 1 aromatic carbocycles. The third-order valence-electron chi connectivity index (χ3n) is 3.22. The summed E-state index contributed by atoms with van der Waals surface area (Å²) in [6, 6.07) is 5.75. The van der Waals surface area contributed by atoms with Crippen molar-refractivity contribution in [2.45, 2.75) is 39.8 Å². The number of nitrogens with two attached hydrogens (primary N) is 1. The maximum atomic E-state index is 13.1. The lowest BCUT2D eigenvalue weighted by Gasteiger charge is -2.15. The van der Waals surface area contributed by atoms with E-state index >= 15 is 0 Å². The van der Waals surface area contributed by atoms with Crippen molar-refractivity contribution in [2.24, 2.45) is 5.73 Å². The minimum atomic E-state index is -0.350. The van der Waals surface area contributed by atoms with Gasteiger partial charge in [0, 0.05) is 17.8 Å². The van der Waals surface area contributed by atoms with Crippen molar-refractivity contribution in [1.82, 2.24) is 4.98 Å². The van der Waals surface area contributed by atoms with Gasteiger partial charge in [-0.25, -0.2) is 4.39 Å². The fraction of sp³-hybridized carbons (Fsp3) is 0.353. The zero-order valence-electron chi connectivity index (χ0n) is 12.7. The van der Waals surface area contributed by atoms with Crippen molar-refractivity contribution in [3.05, 3.63) is 58.7 Å². The van der Waals surface area contributed by atoms with Crippen LogP contribution < -0.4 is 10.5 Å². The van der Waals surface area contributed by atoms with E-state index in [4.69, 9.17) is 10.5 Å². The number of hydrogen-bond acceptors (Lipinski definition) is 3. The minimum absolute atomic E-state index is 0.133. The molecule has 1 atom stereocenters. The van der Waals surface area contributed by atoms with Gasteiger partial charge in [0.05, 0.1) is 6.20 Å². The lowest BCUT2D eigenvalue weighted by atomic mass is 10.0. The summed E-state index contributed by atoms with van der Waals surface area (Å²) >= 11 is 0. The Balaban J connectivity index is 2.13. The van der Waals surface area contributed by atoms with Crippen molar-refractivity contribution in [3.8, 4) is 5.75 Å². The average molecular weight is 288 g/mol. The number of hydrogen-bond donors (Lipinski definition) is 1. The molecule has 0 radical (unpaired) electrons. The van der Waals surface area contributed by atoms with Crippen LogP contribution in [0, 0.1) is 19.7 Å². The van der Waals surface area contributed by atoms with Gasteiger partial charge in [0.25, 0.3) is 0 Å². The van der Waals surface area contributed by atoms with Crippen LogP contribution in [-0.4, -0.2) is 11.0 Å². The normalized spacial score (nSPS) is 12.2. The summed E-state index contributed by atoms with van der Waals surface area (Å²) < 4.78 is 18.9. The van der Waals surface area contributed by atoms with Crippen molar-refractivity contribution in [3.63, 3.8) is 0 Å². The number of ether oxygens (including phenoxy) is 1. The molecule has 1 unspecified atom stereocenters. The molecule has 1 heterocycles. The molecule has 0 saturated carbocycles. The second-order valence-electron chi connectivity index (χ2n) is 5.54. The van der Waals surface area contributed by atoms with E-state index in [0.29, 0.717) is 12.2 Å². The summed E-state index contributed by atoms with van der Waals surface area (Å²) in [4.78, 5) is 3.82. The van der Waals surface area contributed by atoms with E-state index in [1.165, 1.54) is 17.8 Å². The molecular formula is C17H21FN2O. The lowest BCUT2D eigenvalue weighted by molar-refractivity contribution is 0.300. The molecule has 21 heavy (non-hydrogen) atoms. The van der Waals surface area contributed by atoms with E-state index < -0.39 is 0 Å². The van der Waals surface area contributed by atoms with Crippen LogP contribution in [0.3, 0.4) is 0 Å². The summed E-state index contributed by atoms with van der Waals surface area (Å²) in [5.41, 5.74) is 9.89. The molecule has 2 N–H and O–H groups in total. The van der Waals surface area contributed by atoms with E-state index in [-0.39, 0.29) is 11.9 Å². The quantitative estimate of drug-likeness (QED) is 0.918. The molecule has 0 fully saturated rings. The summed E-state index contributed by atoms with van der Waals surface area (Å²) in [5.74, 6) is 0.490. The van der Waals surface area contributed by atoms with Crippen LogP contribution >= 0.6 is 0 Å². The van der Waals surface area contributed by atoms with Crippen molar-refractivity contribution in [1.29, 1.82) is 0 Å². The first-order valence-electron chi connectivity index (χ1n) is 7.03. The van der Waals surface area contributed by atoms with Gasteiger partial charge in [-0.2, -0.15) is 0 Å². The molecule has 2 rings (SSSR count). The number of halogens is 1. The Hall–Kier alpha value is -1.94. The summed E-state index contributed by atoms with van der Waals surface area (Å²) in [6.45, 7) is 6.32. The maximum absolute atomic E-state index is 13.1. The van der Waals surface area contributed by atoms with Crippen LogP contribution in [0.5, 0.6) is 5.75 Å². The molecule has 0 aliphatic rings. The number of nitrogens with zero attached hydrogens (tertiary/aromatic N) is 1. The molecule has 2 aromatic rings. The molecule has 4 heteroatoms. The van der Waals surface area contributed by atoms with Gasteiger partial charge in [0.2, 0.25) is 0 Å². The number of pyridine rings is 1. The zero-order valence-corrected chi connectivity index (χ0v) is 12.7. The van der Waals surface area contributed by atoms with Crippen LogP contribution in [0.4, 0.5) is 4.39 Å². The molecule has 1 aromatic heterocycles. The van der Waals surface area contributed by atoms with Gasteiger partial charge in [-0.3, -0.25) is 4.98 Å². The molecule has 112 valence electrons. The lowest BCUT2D eigenvalue weighted by Crippen LogP contribution is -2.18. The fourth-order valence-electron chi connectivity index (χ4n) is 2.45. The van der Waals surface area contributed by atoms with Crippen molar-refractivity contribution < 1.29 is 9.13 Å². The highest BCUT2D eigenvalue weighted by Gasteiger charge is 2.08. The number of benzene rings is 1. The summed E-state index contributed by atoms with van der Waals surface area (Å²) in [7, 11) is 0. The second-order valence-corrected chi connectivity index (χ2v) is 5.54. The SMILES string of the molecule is Cc1cc(CC(C)N)cc(C)c1OCc1cncc(F)c1. The number of rotatable bonds is 5. The largest absolute Gasteiger partial charge is 0.488 e. The van der Waals surface area contributed by atoms with E-state index in [9.17, 15) is 4.39 Å². The Kier molecular flexibility index (Phi) is 4.91. The van der Waals surface area contributed by atoms with Crippen LogP contribution in [0.25, 0.3) is 0 Å². The second kappa shape index (κ2) is 6.68. The smallest absolute Gasteiger partial charge is 0.141 e. The topological polar surface area (TPSA) is 48.1 Å². The molecule has 0 aliphatic carbocycles. The Morgan fingerprint density at radius 2 is 1.81 bits per heavy atom. The molecule has 0 bridgehead atoms. The van der Waals surface area contributed by atoms with E-state index in [2.05, 4.69) is 17.1 Å². The summed E-state index contributed by atoms with van der Waals surface area (Å²) in [6.07, 6.45) is 3.64. The van der Waals surface area contributed by atoms with Crippen LogP contribution in [0.15, 0.2) is 30.6 Å². The first-order chi connectivity index (χ1) is 9.95. The first kappa shape index (κ1) is 15.4. The molecule has 0 saturated heterocycles. The highest BCUT2D eigenvalue weighted by Crippen LogP contribution is 2.26. The molecule has 0 aliphatic heterocycles. The highest BCUT2D eigenvalue weighted by molar-refractivity contribution is 5.43. The Bertz CT molecular complexity index is 603.